The van der Waals surface area contributed by atoms with Gasteiger partial charge in [-0.3, -0.25) is 0 Å². The van der Waals surface area contributed by atoms with Crippen LogP contribution >= 0.6 is 0 Å². The summed E-state index contributed by atoms with van der Waals surface area (Å²) in [6, 6.07) is 3.73. The third-order valence-electron chi connectivity index (χ3n) is 2.42. The Balaban J connectivity index is 2.65. The van der Waals surface area contributed by atoms with Gasteiger partial charge in [-0.25, -0.2) is 0 Å². The molecule has 24 heavy (non-hydrogen) atoms. The van der Waals surface area contributed by atoms with Gasteiger partial charge in [0.1, 0.15) is 11.5 Å². The van der Waals surface area contributed by atoms with Gasteiger partial charge in [-0.15, -0.1) is 5.10 Å². The predicted molar refractivity (Wildman–Crippen MR) is 80.7 cm³/mol. The molecular weight excluding hydrogens is 353 g/mol. The van der Waals surface area contributed by atoms with Crippen LogP contribution in [-0.2, 0) is 10.1 Å². The summed E-state index contributed by atoms with van der Waals surface area (Å²) < 4.78 is 68.4. The van der Waals surface area contributed by atoms with E-state index in [4.69, 9.17) is 16.2 Å². The number of guanidine groups is 1. The summed E-state index contributed by atoms with van der Waals surface area (Å²) in [6.07, 6.45) is 0.488. The van der Waals surface area contributed by atoms with Crippen molar-refractivity contribution in [1.82, 2.24) is 5.43 Å². The molecule has 136 valence electrons. The largest absolute Gasteiger partial charge is 0.534 e. The first-order chi connectivity index (χ1) is 11.0. The number of nitrogens with zero attached hydrogens (tertiary/aromatic N) is 1. The van der Waals surface area contributed by atoms with Crippen LogP contribution in [0.1, 0.15) is 12.0 Å². The molecule has 0 aliphatic heterocycles. The molecule has 1 aromatic carbocycles. The standard InChI is InChI=1S/C12H17F3N4O4S/c1-8-5-9(22-4-2-3-18-19-11(16)17)7-10(6-8)23-24(20,21)12(13,14)15/h5-7,18H,2-4H2,1H3,(H4,16,17,19). The van der Waals surface area contributed by atoms with Crippen molar-refractivity contribution in [3.8, 4) is 11.5 Å². The van der Waals surface area contributed by atoms with Crippen LogP contribution in [0, 0.1) is 6.92 Å². The summed E-state index contributed by atoms with van der Waals surface area (Å²) in [4.78, 5) is 0. The van der Waals surface area contributed by atoms with Crippen molar-refractivity contribution in [3.63, 3.8) is 0 Å². The van der Waals surface area contributed by atoms with Gasteiger partial charge in [-0.05, 0) is 24.6 Å². The molecule has 0 amide bonds. The van der Waals surface area contributed by atoms with E-state index in [0.717, 1.165) is 12.1 Å². The van der Waals surface area contributed by atoms with Crippen LogP contribution in [0.5, 0.6) is 11.5 Å². The zero-order chi connectivity index (χ0) is 18.4. The average molecular weight is 370 g/mol. The second-order valence-electron chi connectivity index (χ2n) is 4.61. The molecule has 0 fully saturated rings. The third-order valence-corrected chi connectivity index (χ3v) is 3.40. The monoisotopic (exact) mass is 370 g/mol. The second-order valence-corrected chi connectivity index (χ2v) is 6.15. The molecule has 0 aliphatic rings. The summed E-state index contributed by atoms with van der Waals surface area (Å²) in [5, 5.41) is 3.53. The number of ether oxygens (including phenoxy) is 1. The van der Waals surface area contributed by atoms with E-state index in [1.165, 1.54) is 6.07 Å². The smallest absolute Gasteiger partial charge is 0.493 e. The number of nitrogens with one attached hydrogen (secondary N) is 1. The van der Waals surface area contributed by atoms with Crippen LogP contribution in [-0.4, -0.2) is 33.0 Å². The first-order valence-corrected chi connectivity index (χ1v) is 7.99. The minimum atomic E-state index is -5.73. The molecule has 1 aromatic rings. The minimum Gasteiger partial charge on any atom is -0.493 e. The van der Waals surface area contributed by atoms with Crippen LogP contribution in [0.4, 0.5) is 13.2 Å². The topological polar surface area (TPSA) is 129 Å². The van der Waals surface area contributed by atoms with Gasteiger partial charge in [0.05, 0.1) is 6.61 Å². The number of hydrogen-bond acceptors (Lipinski definition) is 6. The molecule has 0 radical (unpaired) electrons. The number of hydrogen-bond donors (Lipinski definition) is 3. The second kappa shape index (κ2) is 7.95. The molecule has 0 atom stereocenters. The van der Waals surface area contributed by atoms with E-state index in [-0.39, 0.29) is 18.3 Å². The summed E-state index contributed by atoms with van der Waals surface area (Å²) in [5.74, 6) is -0.438. The highest BCUT2D eigenvalue weighted by molar-refractivity contribution is 7.88. The lowest BCUT2D eigenvalue weighted by molar-refractivity contribution is -0.0500. The van der Waals surface area contributed by atoms with E-state index in [1.807, 2.05) is 0 Å². The number of halogens is 3. The highest BCUT2D eigenvalue weighted by atomic mass is 32.2. The highest BCUT2D eigenvalue weighted by Gasteiger charge is 2.48. The molecule has 0 unspecified atom stereocenters. The maximum Gasteiger partial charge on any atom is 0.534 e. The van der Waals surface area contributed by atoms with Gasteiger partial charge in [-0.1, -0.05) is 0 Å². The normalized spacial score (nSPS) is 11.7. The molecule has 0 heterocycles. The Kier molecular flexibility index (Phi) is 6.51. The molecule has 0 aromatic heterocycles. The number of nitrogens with two attached hydrogens (primary N) is 2. The van der Waals surface area contributed by atoms with Gasteiger partial charge in [-0.2, -0.15) is 21.6 Å². The molecule has 8 nitrogen and oxygen atoms in total. The summed E-state index contributed by atoms with van der Waals surface area (Å²) in [5.41, 5.74) is 7.74. The number of hydrazone groups is 1. The molecule has 0 bridgehead atoms. The number of rotatable bonds is 8. The van der Waals surface area contributed by atoms with Crippen molar-refractivity contribution >= 4 is 16.1 Å². The van der Waals surface area contributed by atoms with Crippen LogP contribution in [0.3, 0.4) is 0 Å². The van der Waals surface area contributed by atoms with Gasteiger partial charge in [0.25, 0.3) is 0 Å². The number of alkyl halides is 3. The maximum absolute atomic E-state index is 12.3. The SMILES string of the molecule is Cc1cc(OCCCNN=C(N)N)cc(OS(=O)(=O)C(F)(F)F)c1. The molecule has 1 rings (SSSR count). The van der Waals surface area contributed by atoms with Crippen molar-refractivity contribution in [2.75, 3.05) is 13.2 Å². The third kappa shape index (κ3) is 6.40. The molecule has 0 spiro atoms. The predicted octanol–water partition coefficient (Wildman–Crippen LogP) is 0.770. The molecular formula is C12H17F3N4O4S. The van der Waals surface area contributed by atoms with Crippen LogP contribution in [0.15, 0.2) is 23.3 Å². The molecule has 0 saturated carbocycles. The van der Waals surface area contributed by atoms with E-state index in [9.17, 15) is 21.6 Å². The number of aryl methyl sites for hydroxylation is 1. The average Bonchev–Trinajstić information content (AvgIpc) is 2.40. The Bertz CT molecular complexity index is 688. The molecule has 0 saturated heterocycles. The first-order valence-electron chi connectivity index (χ1n) is 6.58. The van der Waals surface area contributed by atoms with Crippen LogP contribution < -0.4 is 25.8 Å². The molecule has 5 N–H and O–H groups in total. The summed E-state index contributed by atoms with van der Waals surface area (Å²) in [6.45, 7) is 2.15. The first kappa shape index (κ1) is 19.7. The van der Waals surface area contributed by atoms with E-state index in [1.54, 1.807) is 6.92 Å². The van der Waals surface area contributed by atoms with E-state index < -0.39 is 21.4 Å². The lowest BCUT2D eigenvalue weighted by Gasteiger charge is -2.12. The van der Waals surface area contributed by atoms with Crippen LogP contribution in [0.25, 0.3) is 0 Å². The van der Waals surface area contributed by atoms with E-state index >= 15 is 0 Å². The molecule has 12 heteroatoms. The van der Waals surface area contributed by atoms with Crippen molar-refractivity contribution in [2.45, 2.75) is 18.9 Å². The van der Waals surface area contributed by atoms with E-state index in [0.29, 0.717) is 18.5 Å². The Morgan fingerprint density at radius 2 is 1.88 bits per heavy atom. The van der Waals surface area contributed by atoms with Gasteiger partial charge < -0.3 is 25.8 Å². The maximum atomic E-state index is 12.3. The molecule has 0 aliphatic carbocycles. The fraction of sp³-hybridized carbons (Fsp3) is 0.417. The Morgan fingerprint density at radius 1 is 1.25 bits per heavy atom. The minimum absolute atomic E-state index is 0.123. The Labute approximate surface area is 136 Å². The summed E-state index contributed by atoms with van der Waals surface area (Å²) in [7, 11) is -5.73. The Hall–Kier alpha value is -2.37. The fourth-order valence-corrected chi connectivity index (χ4v) is 1.95. The van der Waals surface area contributed by atoms with Crippen molar-refractivity contribution < 1.29 is 30.5 Å². The zero-order valence-corrected chi connectivity index (χ0v) is 13.4. The quantitative estimate of drug-likeness (QED) is 0.154. The van der Waals surface area contributed by atoms with Crippen molar-refractivity contribution in [2.24, 2.45) is 16.6 Å². The number of benzene rings is 1. The van der Waals surface area contributed by atoms with Gasteiger partial charge in [0, 0.05) is 19.0 Å². The fourth-order valence-electron chi connectivity index (χ4n) is 1.51. The van der Waals surface area contributed by atoms with Gasteiger partial charge in [0.2, 0.25) is 5.96 Å². The van der Waals surface area contributed by atoms with Crippen molar-refractivity contribution in [1.29, 1.82) is 0 Å². The van der Waals surface area contributed by atoms with Gasteiger partial charge in [0.15, 0.2) is 0 Å². The van der Waals surface area contributed by atoms with Crippen molar-refractivity contribution in [3.05, 3.63) is 23.8 Å². The Morgan fingerprint density at radius 3 is 2.46 bits per heavy atom. The zero-order valence-electron chi connectivity index (χ0n) is 12.6. The van der Waals surface area contributed by atoms with E-state index in [2.05, 4.69) is 14.7 Å². The summed E-state index contributed by atoms with van der Waals surface area (Å²) >= 11 is 0. The highest BCUT2D eigenvalue weighted by Crippen LogP contribution is 2.29. The lowest BCUT2D eigenvalue weighted by Crippen LogP contribution is -2.28. The lowest BCUT2D eigenvalue weighted by atomic mass is 10.2. The van der Waals surface area contributed by atoms with Crippen LogP contribution in [0.2, 0.25) is 0 Å². The van der Waals surface area contributed by atoms with Gasteiger partial charge >= 0.3 is 15.6 Å².